The number of fused-ring (bicyclic) bond motifs is 1. The van der Waals surface area contributed by atoms with Crippen molar-refractivity contribution in [1.29, 1.82) is 0 Å². The highest BCUT2D eigenvalue weighted by molar-refractivity contribution is 5.95. The number of ether oxygens (including phenoxy) is 1. The lowest BCUT2D eigenvalue weighted by atomic mass is 10.0. The minimum Gasteiger partial charge on any atom is -0.443 e. The average molecular weight is 225 g/mol. The summed E-state index contributed by atoms with van der Waals surface area (Å²) in [5.74, 6) is 0.421. The Labute approximate surface area is 95.9 Å². The largest absolute Gasteiger partial charge is 0.443 e. The first kappa shape index (κ1) is 11.4. The average Bonchev–Trinajstić information content (AvgIpc) is 2.66. The van der Waals surface area contributed by atoms with Gasteiger partial charge in [0, 0.05) is 12.5 Å². The summed E-state index contributed by atoms with van der Waals surface area (Å²) in [4.78, 5) is 25.0. The third-order valence-electron chi connectivity index (χ3n) is 3.27. The molecule has 1 aliphatic heterocycles. The number of imide groups is 1. The molecule has 0 N–H and O–H groups in total. The van der Waals surface area contributed by atoms with Crippen molar-refractivity contribution in [1.82, 2.24) is 4.90 Å². The second kappa shape index (κ2) is 3.75. The summed E-state index contributed by atoms with van der Waals surface area (Å²) in [5, 5.41) is 0. The highest BCUT2D eigenvalue weighted by atomic mass is 16.6. The van der Waals surface area contributed by atoms with Gasteiger partial charge in [-0.3, -0.25) is 4.79 Å². The van der Waals surface area contributed by atoms with Gasteiger partial charge in [-0.2, -0.15) is 0 Å². The normalized spacial score (nSPS) is 29.4. The first-order valence-electron chi connectivity index (χ1n) is 5.93. The van der Waals surface area contributed by atoms with Crippen molar-refractivity contribution in [3.05, 3.63) is 0 Å². The topological polar surface area (TPSA) is 46.6 Å². The number of hydrogen-bond donors (Lipinski definition) is 0. The summed E-state index contributed by atoms with van der Waals surface area (Å²) in [6, 6.07) is 0. The molecule has 0 radical (unpaired) electrons. The predicted molar refractivity (Wildman–Crippen MR) is 58.8 cm³/mol. The second-order valence-electron chi connectivity index (χ2n) is 5.73. The van der Waals surface area contributed by atoms with Crippen LogP contribution in [-0.4, -0.2) is 29.0 Å². The third-order valence-corrected chi connectivity index (χ3v) is 3.27. The van der Waals surface area contributed by atoms with Gasteiger partial charge in [0.05, 0.1) is 0 Å². The molecule has 1 saturated heterocycles. The fourth-order valence-corrected chi connectivity index (χ4v) is 2.59. The van der Waals surface area contributed by atoms with Crippen molar-refractivity contribution in [2.75, 3.05) is 6.54 Å². The van der Waals surface area contributed by atoms with Crippen LogP contribution in [0, 0.1) is 11.8 Å². The van der Waals surface area contributed by atoms with Crippen molar-refractivity contribution in [3.63, 3.8) is 0 Å². The number of nitrogens with zero attached hydrogens (tertiary/aromatic N) is 1. The summed E-state index contributed by atoms with van der Waals surface area (Å²) in [6.45, 7) is 5.99. The number of rotatable bonds is 0. The molecule has 1 aliphatic carbocycles. The molecule has 0 aromatic carbocycles. The predicted octanol–water partition coefficient (Wildman–Crippen LogP) is 2.18. The van der Waals surface area contributed by atoms with Gasteiger partial charge in [0.2, 0.25) is 5.91 Å². The summed E-state index contributed by atoms with van der Waals surface area (Å²) in [7, 11) is 0. The fourth-order valence-electron chi connectivity index (χ4n) is 2.59. The fraction of sp³-hybridized carbons (Fsp3) is 0.833. The molecule has 2 rings (SSSR count). The Kier molecular flexibility index (Phi) is 2.68. The van der Waals surface area contributed by atoms with Crippen molar-refractivity contribution >= 4 is 12.0 Å². The van der Waals surface area contributed by atoms with E-state index in [1.54, 1.807) is 0 Å². The van der Waals surface area contributed by atoms with Crippen LogP contribution in [0.1, 0.15) is 40.0 Å². The molecule has 90 valence electrons. The van der Waals surface area contributed by atoms with Gasteiger partial charge in [0.15, 0.2) is 0 Å². The Bertz CT molecular complexity index is 319. The van der Waals surface area contributed by atoms with Gasteiger partial charge >= 0.3 is 6.09 Å². The van der Waals surface area contributed by atoms with Crippen LogP contribution < -0.4 is 0 Å². The monoisotopic (exact) mass is 225 g/mol. The molecule has 0 bridgehead atoms. The van der Waals surface area contributed by atoms with E-state index in [0.29, 0.717) is 12.5 Å². The van der Waals surface area contributed by atoms with Gasteiger partial charge in [0.25, 0.3) is 0 Å². The van der Waals surface area contributed by atoms with E-state index in [2.05, 4.69) is 0 Å². The Balaban J connectivity index is 2.02. The summed E-state index contributed by atoms with van der Waals surface area (Å²) in [5.41, 5.74) is -0.533. The summed E-state index contributed by atoms with van der Waals surface area (Å²) < 4.78 is 5.22. The maximum absolute atomic E-state index is 11.9. The minimum absolute atomic E-state index is 0.0308. The number of hydrogen-bond acceptors (Lipinski definition) is 3. The van der Waals surface area contributed by atoms with Crippen molar-refractivity contribution in [2.24, 2.45) is 11.8 Å². The van der Waals surface area contributed by atoms with Gasteiger partial charge in [-0.25, -0.2) is 9.69 Å². The molecule has 2 amide bonds. The zero-order valence-electron chi connectivity index (χ0n) is 10.2. The number of amides is 2. The molecule has 4 nitrogen and oxygen atoms in total. The highest BCUT2D eigenvalue weighted by Crippen LogP contribution is 2.39. The molecule has 2 aliphatic rings. The smallest absolute Gasteiger partial charge is 0.417 e. The van der Waals surface area contributed by atoms with Crippen LogP contribution in [0.5, 0.6) is 0 Å². The van der Waals surface area contributed by atoms with E-state index in [1.165, 1.54) is 4.90 Å². The molecule has 2 unspecified atom stereocenters. The Morgan fingerprint density at radius 3 is 2.62 bits per heavy atom. The van der Waals surface area contributed by atoms with Crippen LogP contribution in [0.3, 0.4) is 0 Å². The first-order valence-corrected chi connectivity index (χ1v) is 5.93. The molecule has 0 aromatic rings. The lowest BCUT2D eigenvalue weighted by molar-refractivity contribution is -0.130. The van der Waals surface area contributed by atoms with E-state index < -0.39 is 11.7 Å². The van der Waals surface area contributed by atoms with Crippen LogP contribution in [0.4, 0.5) is 4.79 Å². The third kappa shape index (κ3) is 2.06. The van der Waals surface area contributed by atoms with E-state index in [-0.39, 0.29) is 11.8 Å². The molecule has 0 spiro atoms. The van der Waals surface area contributed by atoms with Crippen LogP contribution >= 0.6 is 0 Å². The van der Waals surface area contributed by atoms with Crippen LogP contribution in [0.25, 0.3) is 0 Å². The standard InChI is InChI=1S/C12H19NO3/c1-12(2,3)16-11(15)13-7-8-5-4-6-9(8)10(13)14/h8-9H,4-7H2,1-3H3. The Morgan fingerprint density at radius 2 is 2.06 bits per heavy atom. The molecular weight excluding hydrogens is 206 g/mol. The Morgan fingerprint density at radius 1 is 1.38 bits per heavy atom. The van der Waals surface area contributed by atoms with E-state index in [1.807, 2.05) is 20.8 Å². The first-order chi connectivity index (χ1) is 7.38. The summed E-state index contributed by atoms with van der Waals surface area (Å²) >= 11 is 0. The number of carbonyl (C=O) groups excluding carboxylic acids is 2. The van der Waals surface area contributed by atoms with Gasteiger partial charge in [-0.1, -0.05) is 6.42 Å². The highest BCUT2D eigenvalue weighted by Gasteiger charge is 2.46. The van der Waals surface area contributed by atoms with Crippen molar-refractivity contribution < 1.29 is 14.3 Å². The number of carbonyl (C=O) groups is 2. The van der Waals surface area contributed by atoms with Gasteiger partial charge < -0.3 is 4.74 Å². The molecular formula is C12H19NO3. The van der Waals surface area contributed by atoms with Gasteiger partial charge in [-0.05, 0) is 39.5 Å². The molecule has 2 atom stereocenters. The van der Waals surface area contributed by atoms with Crippen molar-refractivity contribution in [2.45, 2.75) is 45.6 Å². The summed E-state index contributed by atoms with van der Waals surface area (Å²) in [6.07, 6.45) is 2.63. The Hall–Kier alpha value is -1.06. The quantitative estimate of drug-likeness (QED) is 0.634. The molecule has 4 heteroatoms. The van der Waals surface area contributed by atoms with Crippen LogP contribution in [0.2, 0.25) is 0 Å². The second-order valence-corrected chi connectivity index (χ2v) is 5.73. The zero-order valence-corrected chi connectivity index (χ0v) is 10.2. The molecule has 16 heavy (non-hydrogen) atoms. The molecule has 1 saturated carbocycles. The van der Waals surface area contributed by atoms with Gasteiger partial charge in [-0.15, -0.1) is 0 Å². The maximum atomic E-state index is 11.9. The molecule has 0 aromatic heterocycles. The van der Waals surface area contributed by atoms with E-state index in [4.69, 9.17) is 4.74 Å². The maximum Gasteiger partial charge on any atom is 0.417 e. The van der Waals surface area contributed by atoms with Gasteiger partial charge in [0.1, 0.15) is 5.60 Å². The van der Waals surface area contributed by atoms with E-state index >= 15 is 0 Å². The lowest BCUT2D eigenvalue weighted by Gasteiger charge is -2.23. The van der Waals surface area contributed by atoms with Crippen LogP contribution in [0.15, 0.2) is 0 Å². The van der Waals surface area contributed by atoms with E-state index in [9.17, 15) is 9.59 Å². The van der Waals surface area contributed by atoms with Crippen LogP contribution in [-0.2, 0) is 9.53 Å². The van der Waals surface area contributed by atoms with E-state index in [0.717, 1.165) is 19.3 Å². The molecule has 2 fully saturated rings. The SMILES string of the molecule is CC(C)(C)OC(=O)N1CC2CCCC2C1=O. The minimum atomic E-state index is -0.533. The lowest BCUT2D eigenvalue weighted by Crippen LogP contribution is -2.38. The zero-order chi connectivity index (χ0) is 11.9. The number of likely N-dealkylation sites (tertiary alicyclic amines) is 1. The van der Waals surface area contributed by atoms with Crippen molar-refractivity contribution in [3.8, 4) is 0 Å². The molecule has 1 heterocycles.